The van der Waals surface area contributed by atoms with E-state index in [-0.39, 0.29) is 6.42 Å². The Morgan fingerprint density at radius 2 is 2.27 bits per heavy atom. The van der Waals surface area contributed by atoms with Gasteiger partial charge in [0.2, 0.25) is 0 Å². The van der Waals surface area contributed by atoms with E-state index in [2.05, 4.69) is 11.8 Å². The molecule has 0 spiro atoms. The molecular formula is C11H7ClO3. The van der Waals surface area contributed by atoms with Crippen LogP contribution in [0.25, 0.3) is 0 Å². The molecule has 0 aliphatic rings. The van der Waals surface area contributed by atoms with Crippen molar-refractivity contribution in [3.05, 3.63) is 34.3 Å². The molecular weight excluding hydrogens is 216 g/mol. The van der Waals surface area contributed by atoms with Gasteiger partial charge in [0.25, 0.3) is 0 Å². The Kier molecular flexibility index (Phi) is 3.90. The lowest BCUT2D eigenvalue weighted by Gasteiger charge is -1.96. The summed E-state index contributed by atoms with van der Waals surface area (Å²) in [5.41, 5.74) is 0.844. The first-order chi connectivity index (χ1) is 7.13. The van der Waals surface area contributed by atoms with E-state index in [1.165, 1.54) is 6.07 Å². The highest BCUT2D eigenvalue weighted by atomic mass is 35.5. The van der Waals surface area contributed by atoms with Gasteiger partial charge in [0.05, 0.1) is 0 Å². The summed E-state index contributed by atoms with van der Waals surface area (Å²) in [6, 6.07) is 4.65. The number of carboxylic acid groups (broad SMARTS) is 1. The molecule has 1 N–H and O–H groups in total. The van der Waals surface area contributed by atoms with E-state index in [0.717, 1.165) is 0 Å². The van der Waals surface area contributed by atoms with Crippen LogP contribution in [0.1, 0.15) is 22.3 Å². The van der Waals surface area contributed by atoms with Gasteiger partial charge in [-0.05, 0) is 18.2 Å². The standard InChI is InChI=1S/C11H7ClO3/c12-10-5-4-9(7-13)8(6-10)2-1-3-11(14)15/h4-7H,3H2,(H,14,15). The average molecular weight is 223 g/mol. The molecule has 0 amide bonds. The van der Waals surface area contributed by atoms with E-state index in [0.29, 0.717) is 22.4 Å². The predicted octanol–water partition coefficient (Wildman–Crippen LogP) is 1.98. The first kappa shape index (κ1) is 11.3. The number of carbonyl (C=O) groups excluding carboxylic acids is 1. The van der Waals surface area contributed by atoms with Crippen molar-refractivity contribution in [1.82, 2.24) is 0 Å². The molecule has 1 aromatic carbocycles. The van der Waals surface area contributed by atoms with Crippen LogP contribution in [0.4, 0.5) is 0 Å². The van der Waals surface area contributed by atoms with E-state index in [4.69, 9.17) is 16.7 Å². The third-order valence-corrected chi connectivity index (χ3v) is 1.84. The Hall–Kier alpha value is -1.79. The number of carboxylic acids is 1. The molecule has 0 saturated heterocycles. The van der Waals surface area contributed by atoms with Gasteiger partial charge in [0, 0.05) is 16.1 Å². The summed E-state index contributed by atoms with van der Waals surface area (Å²) in [4.78, 5) is 20.8. The van der Waals surface area contributed by atoms with Crippen LogP contribution in [0.15, 0.2) is 18.2 Å². The fraction of sp³-hybridized carbons (Fsp3) is 0.0909. The molecule has 0 heterocycles. The minimum absolute atomic E-state index is 0.259. The topological polar surface area (TPSA) is 54.4 Å². The fourth-order valence-electron chi connectivity index (χ4n) is 0.955. The Morgan fingerprint density at radius 3 is 2.87 bits per heavy atom. The maximum atomic E-state index is 10.6. The van der Waals surface area contributed by atoms with E-state index < -0.39 is 5.97 Å². The van der Waals surface area contributed by atoms with Gasteiger partial charge in [-0.25, -0.2) is 0 Å². The maximum absolute atomic E-state index is 10.6. The van der Waals surface area contributed by atoms with Crippen molar-refractivity contribution in [2.24, 2.45) is 0 Å². The first-order valence-corrected chi connectivity index (χ1v) is 4.46. The number of halogens is 1. The monoisotopic (exact) mass is 222 g/mol. The van der Waals surface area contributed by atoms with Crippen molar-refractivity contribution in [2.45, 2.75) is 6.42 Å². The number of carbonyl (C=O) groups is 2. The SMILES string of the molecule is O=Cc1ccc(Cl)cc1C#CCC(=O)O. The van der Waals surface area contributed by atoms with Crippen molar-refractivity contribution >= 4 is 23.9 Å². The number of hydrogen-bond donors (Lipinski definition) is 1. The molecule has 0 radical (unpaired) electrons. The lowest BCUT2D eigenvalue weighted by atomic mass is 10.1. The second-order valence-electron chi connectivity index (χ2n) is 2.72. The van der Waals surface area contributed by atoms with E-state index in [1.807, 2.05) is 0 Å². The zero-order chi connectivity index (χ0) is 11.3. The number of benzene rings is 1. The van der Waals surface area contributed by atoms with Crippen molar-refractivity contribution < 1.29 is 14.7 Å². The van der Waals surface area contributed by atoms with Gasteiger partial charge in [-0.2, -0.15) is 0 Å². The van der Waals surface area contributed by atoms with Crippen molar-refractivity contribution in [2.75, 3.05) is 0 Å². The molecule has 0 unspecified atom stereocenters. The van der Waals surface area contributed by atoms with Gasteiger partial charge in [-0.3, -0.25) is 9.59 Å². The lowest BCUT2D eigenvalue weighted by molar-refractivity contribution is -0.135. The van der Waals surface area contributed by atoms with Crippen LogP contribution in [0, 0.1) is 11.8 Å². The minimum atomic E-state index is -1.00. The molecule has 3 nitrogen and oxygen atoms in total. The predicted molar refractivity (Wildman–Crippen MR) is 56.0 cm³/mol. The van der Waals surface area contributed by atoms with E-state index in [9.17, 15) is 9.59 Å². The molecule has 15 heavy (non-hydrogen) atoms. The number of hydrogen-bond acceptors (Lipinski definition) is 2. The van der Waals surface area contributed by atoms with E-state index >= 15 is 0 Å². The fourth-order valence-corrected chi connectivity index (χ4v) is 1.13. The second kappa shape index (κ2) is 5.18. The molecule has 4 heteroatoms. The normalized spacial score (nSPS) is 8.87. The minimum Gasteiger partial charge on any atom is -0.481 e. The molecule has 1 aromatic rings. The van der Waals surface area contributed by atoms with Crippen LogP contribution >= 0.6 is 11.6 Å². The van der Waals surface area contributed by atoms with Crippen LogP contribution in [0.2, 0.25) is 5.02 Å². The summed E-state index contributed by atoms with van der Waals surface area (Å²) in [6.45, 7) is 0. The highest BCUT2D eigenvalue weighted by Gasteiger charge is 1.99. The molecule has 0 aromatic heterocycles. The number of aldehydes is 1. The average Bonchev–Trinajstić information content (AvgIpc) is 2.17. The number of rotatable bonds is 2. The van der Waals surface area contributed by atoms with Crippen molar-refractivity contribution in [1.29, 1.82) is 0 Å². The molecule has 0 aliphatic heterocycles. The number of aliphatic carboxylic acids is 1. The van der Waals surface area contributed by atoms with Crippen LogP contribution in [0.3, 0.4) is 0 Å². The summed E-state index contributed by atoms with van der Waals surface area (Å²) in [6.07, 6.45) is 0.395. The molecule has 1 rings (SSSR count). The van der Waals surface area contributed by atoms with Crippen LogP contribution in [-0.2, 0) is 4.79 Å². The maximum Gasteiger partial charge on any atom is 0.315 e. The van der Waals surface area contributed by atoms with Gasteiger partial charge in [-0.1, -0.05) is 23.4 Å². The summed E-state index contributed by atoms with van der Waals surface area (Å²) < 4.78 is 0. The van der Waals surface area contributed by atoms with Crippen LogP contribution in [-0.4, -0.2) is 17.4 Å². The van der Waals surface area contributed by atoms with Gasteiger partial charge < -0.3 is 5.11 Å². The molecule has 0 aliphatic carbocycles. The molecule has 0 atom stereocenters. The molecule has 0 fully saturated rings. The third kappa shape index (κ3) is 3.45. The van der Waals surface area contributed by atoms with Crippen molar-refractivity contribution in [3.63, 3.8) is 0 Å². The first-order valence-electron chi connectivity index (χ1n) is 4.09. The largest absolute Gasteiger partial charge is 0.481 e. The van der Waals surface area contributed by atoms with Crippen LogP contribution in [0.5, 0.6) is 0 Å². The smallest absolute Gasteiger partial charge is 0.315 e. The quantitative estimate of drug-likeness (QED) is 0.615. The summed E-state index contributed by atoms with van der Waals surface area (Å²) in [5.74, 6) is 4.02. The highest BCUT2D eigenvalue weighted by Crippen LogP contribution is 2.13. The zero-order valence-electron chi connectivity index (χ0n) is 7.66. The Labute approximate surface area is 91.7 Å². The Morgan fingerprint density at radius 1 is 1.53 bits per heavy atom. The molecule has 0 bridgehead atoms. The lowest BCUT2D eigenvalue weighted by Crippen LogP contribution is -1.91. The molecule has 76 valence electrons. The van der Waals surface area contributed by atoms with E-state index in [1.54, 1.807) is 12.1 Å². The van der Waals surface area contributed by atoms with Gasteiger partial charge in [0.15, 0.2) is 6.29 Å². The zero-order valence-corrected chi connectivity index (χ0v) is 8.41. The third-order valence-electron chi connectivity index (χ3n) is 1.60. The Bertz CT molecular complexity index is 455. The summed E-state index contributed by atoms with van der Waals surface area (Å²) in [7, 11) is 0. The Balaban J connectivity index is 2.99. The van der Waals surface area contributed by atoms with Crippen LogP contribution < -0.4 is 0 Å². The van der Waals surface area contributed by atoms with Crippen molar-refractivity contribution in [3.8, 4) is 11.8 Å². The summed E-state index contributed by atoms with van der Waals surface area (Å²) >= 11 is 5.72. The summed E-state index contributed by atoms with van der Waals surface area (Å²) in [5, 5.41) is 8.83. The second-order valence-corrected chi connectivity index (χ2v) is 3.16. The van der Waals surface area contributed by atoms with Gasteiger partial charge >= 0.3 is 5.97 Å². The highest BCUT2D eigenvalue weighted by molar-refractivity contribution is 6.30. The van der Waals surface area contributed by atoms with Gasteiger partial charge in [0.1, 0.15) is 6.42 Å². The molecule has 0 saturated carbocycles. The van der Waals surface area contributed by atoms with Gasteiger partial charge in [-0.15, -0.1) is 0 Å².